The molecule has 0 heterocycles. The van der Waals surface area contributed by atoms with Crippen molar-refractivity contribution in [3.63, 3.8) is 0 Å². The van der Waals surface area contributed by atoms with E-state index in [2.05, 4.69) is 0 Å². The quantitative estimate of drug-likeness (QED) is 0.367. The van der Waals surface area contributed by atoms with Gasteiger partial charge in [-0.2, -0.15) is 0 Å². The Bertz CT molecular complexity index is 404. The Hall–Kier alpha value is 1.16. The van der Waals surface area contributed by atoms with Crippen molar-refractivity contribution < 1.29 is 94.6 Å². The summed E-state index contributed by atoms with van der Waals surface area (Å²) in [6.07, 6.45) is -2.21. The maximum absolute atomic E-state index is 10.3. The van der Waals surface area contributed by atoms with Crippen molar-refractivity contribution in [1.82, 2.24) is 0 Å². The van der Waals surface area contributed by atoms with Crippen LogP contribution in [0.4, 0.5) is 0 Å². The smallest absolute Gasteiger partial charge is 0.742 e. The standard InChI is InChI=1S/C4H6O8S2.2Na/c5-3(13(7,8)9)1-2-4(6)14(10,11)12;;/h1-2H2,(H,7,8,9)(H,10,11,12);;/q;2*+1/p-2. The summed E-state index contributed by atoms with van der Waals surface area (Å²) in [5.74, 6) is 0. The van der Waals surface area contributed by atoms with E-state index in [1.165, 1.54) is 0 Å². The summed E-state index contributed by atoms with van der Waals surface area (Å²) in [7, 11) is -10.4. The van der Waals surface area contributed by atoms with E-state index in [4.69, 9.17) is 0 Å². The first kappa shape index (κ1) is 22.3. The second-order valence-corrected chi connectivity index (χ2v) is 4.88. The van der Waals surface area contributed by atoms with E-state index in [1.54, 1.807) is 0 Å². The van der Waals surface area contributed by atoms with Crippen LogP contribution in [0.15, 0.2) is 0 Å². The summed E-state index contributed by atoms with van der Waals surface area (Å²) in [5.41, 5.74) is 0. The van der Waals surface area contributed by atoms with Crippen LogP contribution < -0.4 is 59.1 Å². The predicted octanol–water partition coefficient (Wildman–Crippen LogP) is -8.08. The van der Waals surface area contributed by atoms with Crippen LogP contribution in [-0.2, 0) is 29.8 Å². The van der Waals surface area contributed by atoms with Gasteiger partial charge < -0.3 is 9.11 Å². The minimum Gasteiger partial charge on any atom is -0.742 e. The molecule has 82 valence electrons. The predicted molar refractivity (Wildman–Crippen MR) is 38.6 cm³/mol. The van der Waals surface area contributed by atoms with E-state index in [0.717, 1.165) is 0 Å². The van der Waals surface area contributed by atoms with Crippen LogP contribution in [0.5, 0.6) is 0 Å². The van der Waals surface area contributed by atoms with Crippen molar-refractivity contribution in [1.29, 1.82) is 0 Å². The average molecular weight is 290 g/mol. The van der Waals surface area contributed by atoms with Gasteiger partial charge in [-0.15, -0.1) is 0 Å². The molecule has 0 unspecified atom stereocenters. The molecular formula is C4H4Na2O8S2. The van der Waals surface area contributed by atoms with E-state index in [-0.39, 0.29) is 59.1 Å². The third-order valence-electron chi connectivity index (χ3n) is 1.09. The molecule has 0 N–H and O–H groups in total. The third kappa shape index (κ3) is 9.22. The summed E-state index contributed by atoms with van der Waals surface area (Å²) >= 11 is 0. The van der Waals surface area contributed by atoms with Crippen LogP contribution in [0.2, 0.25) is 0 Å². The van der Waals surface area contributed by atoms with Crippen LogP contribution in [-0.4, -0.2) is 36.2 Å². The molecule has 0 atom stereocenters. The van der Waals surface area contributed by atoms with Gasteiger partial charge in [0.15, 0.2) is 20.2 Å². The van der Waals surface area contributed by atoms with Gasteiger partial charge >= 0.3 is 59.1 Å². The SMILES string of the molecule is O=C(CCC(=O)S(=O)(=O)[O-])S(=O)(=O)[O-].[Na+].[Na+]. The van der Waals surface area contributed by atoms with Gasteiger partial charge in [-0.25, -0.2) is 16.8 Å². The first-order valence-electron chi connectivity index (χ1n) is 3.02. The number of carbonyl (C=O) groups excluding carboxylic acids is 2. The van der Waals surface area contributed by atoms with Crippen molar-refractivity contribution in [3.8, 4) is 0 Å². The molecule has 0 radical (unpaired) electrons. The molecule has 0 amide bonds. The molecule has 0 aliphatic heterocycles. The molecule has 0 saturated carbocycles. The molecule has 12 heteroatoms. The fraction of sp³-hybridized carbons (Fsp3) is 0.500. The van der Waals surface area contributed by atoms with Crippen LogP contribution in [0.3, 0.4) is 0 Å². The van der Waals surface area contributed by atoms with Gasteiger partial charge in [0.1, 0.15) is 0 Å². The van der Waals surface area contributed by atoms with Gasteiger partial charge in [0.25, 0.3) is 0 Å². The zero-order valence-electron chi connectivity index (χ0n) is 8.50. The number of hydrogen-bond donors (Lipinski definition) is 0. The molecule has 0 rings (SSSR count). The summed E-state index contributed by atoms with van der Waals surface area (Å²) in [5, 5.41) is -3.65. The minimum absolute atomic E-state index is 0. The summed E-state index contributed by atoms with van der Waals surface area (Å²) in [4.78, 5) is 20.7. The largest absolute Gasteiger partial charge is 1.00 e. The second kappa shape index (κ2) is 8.29. The van der Waals surface area contributed by atoms with Gasteiger partial charge in [-0.3, -0.25) is 9.59 Å². The third-order valence-corrected chi connectivity index (χ3v) is 2.61. The van der Waals surface area contributed by atoms with Crippen molar-refractivity contribution in [3.05, 3.63) is 0 Å². The number of carbonyl (C=O) groups is 2. The van der Waals surface area contributed by atoms with Crippen LogP contribution in [0.25, 0.3) is 0 Å². The Morgan fingerprint density at radius 3 is 1.06 bits per heavy atom. The van der Waals surface area contributed by atoms with E-state index >= 15 is 0 Å². The first-order chi connectivity index (χ1) is 6.05. The van der Waals surface area contributed by atoms with Crippen LogP contribution in [0, 0.1) is 0 Å². The van der Waals surface area contributed by atoms with Crippen molar-refractivity contribution in [2.75, 3.05) is 0 Å². The molecule has 0 spiro atoms. The van der Waals surface area contributed by atoms with Crippen molar-refractivity contribution in [2.45, 2.75) is 12.8 Å². The Morgan fingerprint density at radius 2 is 0.938 bits per heavy atom. The van der Waals surface area contributed by atoms with E-state index in [9.17, 15) is 35.5 Å². The number of rotatable bonds is 3. The second-order valence-electron chi connectivity index (χ2n) is 2.15. The zero-order valence-corrected chi connectivity index (χ0v) is 14.1. The van der Waals surface area contributed by atoms with E-state index in [0.29, 0.717) is 0 Å². The molecule has 0 aliphatic carbocycles. The summed E-state index contributed by atoms with van der Waals surface area (Å²) in [6.45, 7) is 0. The van der Waals surface area contributed by atoms with Crippen LogP contribution >= 0.6 is 0 Å². The fourth-order valence-corrected chi connectivity index (χ4v) is 1.16. The van der Waals surface area contributed by atoms with Gasteiger partial charge in [0, 0.05) is 12.8 Å². The van der Waals surface area contributed by atoms with Gasteiger partial charge in [-0.05, 0) is 0 Å². The summed E-state index contributed by atoms with van der Waals surface area (Å²) in [6, 6.07) is 0. The van der Waals surface area contributed by atoms with Crippen molar-refractivity contribution >= 4 is 30.5 Å². The molecule has 8 nitrogen and oxygen atoms in total. The Kier molecular flexibility index (Phi) is 11.6. The molecule has 0 aromatic heterocycles. The first-order valence-corrected chi connectivity index (χ1v) is 5.84. The van der Waals surface area contributed by atoms with Crippen molar-refractivity contribution in [2.24, 2.45) is 0 Å². The van der Waals surface area contributed by atoms with Gasteiger partial charge in [0.05, 0.1) is 0 Å². The molecular weight excluding hydrogens is 286 g/mol. The minimum atomic E-state index is -5.18. The average Bonchev–Trinajstić information content (AvgIpc) is 1.95. The molecule has 0 fully saturated rings. The van der Waals surface area contributed by atoms with Gasteiger partial charge in [0.2, 0.25) is 10.2 Å². The Balaban J connectivity index is -0.000000845. The topological polar surface area (TPSA) is 149 Å². The van der Waals surface area contributed by atoms with Gasteiger partial charge in [-0.1, -0.05) is 0 Å². The van der Waals surface area contributed by atoms with Crippen LogP contribution in [0.1, 0.15) is 12.8 Å². The fourth-order valence-electron chi connectivity index (χ4n) is 0.454. The monoisotopic (exact) mass is 290 g/mol. The van der Waals surface area contributed by atoms with E-state index in [1.807, 2.05) is 0 Å². The number of hydrogen-bond acceptors (Lipinski definition) is 8. The van der Waals surface area contributed by atoms with E-state index < -0.39 is 43.3 Å². The molecule has 16 heavy (non-hydrogen) atoms. The molecule has 0 aliphatic rings. The molecule has 0 bridgehead atoms. The maximum atomic E-state index is 10.3. The molecule has 0 aromatic carbocycles. The zero-order chi connectivity index (χ0) is 11.6. The molecule has 0 aromatic rings. The maximum Gasteiger partial charge on any atom is 1.00 e. The molecule has 0 saturated heterocycles. The Labute approximate surface area is 136 Å². The normalized spacial score (nSPS) is 10.9. The summed E-state index contributed by atoms with van der Waals surface area (Å²) < 4.78 is 59.7. The Morgan fingerprint density at radius 1 is 0.750 bits per heavy atom.